The molecule has 2 rings (SSSR count). The molecular formula is C16H16N2O2. The lowest BCUT2D eigenvalue weighted by Crippen LogP contribution is -2.20. The highest BCUT2D eigenvalue weighted by Crippen LogP contribution is 2.05. The second kappa shape index (κ2) is 7.21. The van der Waals surface area contributed by atoms with Crippen LogP contribution < -0.4 is 5.32 Å². The maximum atomic E-state index is 11.7. The van der Waals surface area contributed by atoms with Gasteiger partial charge >= 0.3 is 0 Å². The van der Waals surface area contributed by atoms with Crippen LogP contribution in [0.3, 0.4) is 0 Å². The lowest BCUT2D eigenvalue weighted by Gasteiger charge is -2.04. The van der Waals surface area contributed by atoms with Gasteiger partial charge in [0, 0.05) is 25.0 Å². The van der Waals surface area contributed by atoms with E-state index in [1.807, 2.05) is 36.4 Å². The molecule has 4 nitrogen and oxygen atoms in total. The van der Waals surface area contributed by atoms with Crippen LogP contribution in [0.1, 0.15) is 16.7 Å². The highest BCUT2D eigenvalue weighted by Gasteiger charge is 1.98. The Morgan fingerprint density at radius 3 is 2.85 bits per heavy atom. The second-order valence-corrected chi connectivity index (χ2v) is 4.32. The summed E-state index contributed by atoms with van der Waals surface area (Å²) in [5.74, 6) is -0.164. The Bertz CT molecular complexity index is 594. The minimum absolute atomic E-state index is 0.00267. The van der Waals surface area contributed by atoms with Crippen LogP contribution in [-0.4, -0.2) is 16.0 Å². The number of amides is 1. The van der Waals surface area contributed by atoms with E-state index in [1.54, 1.807) is 18.5 Å². The van der Waals surface area contributed by atoms with Gasteiger partial charge in [0.25, 0.3) is 0 Å². The van der Waals surface area contributed by atoms with Crippen molar-refractivity contribution in [2.75, 3.05) is 0 Å². The fourth-order valence-electron chi connectivity index (χ4n) is 1.73. The monoisotopic (exact) mass is 268 g/mol. The maximum Gasteiger partial charge on any atom is 0.244 e. The zero-order chi connectivity index (χ0) is 14.2. The van der Waals surface area contributed by atoms with Gasteiger partial charge in [0.15, 0.2) is 0 Å². The van der Waals surface area contributed by atoms with Gasteiger partial charge in [-0.2, -0.15) is 0 Å². The number of aliphatic hydroxyl groups is 1. The molecule has 0 saturated heterocycles. The van der Waals surface area contributed by atoms with Gasteiger partial charge in [-0.3, -0.25) is 9.78 Å². The largest absolute Gasteiger partial charge is 0.392 e. The van der Waals surface area contributed by atoms with Crippen LogP contribution in [-0.2, 0) is 17.9 Å². The number of aromatic nitrogens is 1. The number of aliphatic hydroxyl groups excluding tert-OH is 1. The van der Waals surface area contributed by atoms with Crippen molar-refractivity contribution in [1.82, 2.24) is 10.3 Å². The predicted octanol–water partition coefficient (Wildman–Crippen LogP) is 1.90. The number of nitrogens with one attached hydrogen (secondary N) is 1. The van der Waals surface area contributed by atoms with Gasteiger partial charge in [-0.1, -0.05) is 30.3 Å². The van der Waals surface area contributed by atoms with Gasteiger partial charge in [-0.15, -0.1) is 0 Å². The lowest BCUT2D eigenvalue weighted by atomic mass is 10.1. The molecule has 20 heavy (non-hydrogen) atoms. The summed E-state index contributed by atoms with van der Waals surface area (Å²) in [4.78, 5) is 15.6. The third-order valence-electron chi connectivity index (χ3n) is 2.75. The van der Waals surface area contributed by atoms with E-state index in [1.165, 1.54) is 6.08 Å². The normalized spacial score (nSPS) is 10.7. The van der Waals surface area contributed by atoms with Gasteiger partial charge in [0.05, 0.1) is 6.61 Å². The van der Waals surface area contributed by atoms with E-state index in [0.717, 1.165) is 16.7 Å². The first-order chi connectivity index (χ1) is 9.78. The molecule has 0 saturated carbocycles. The first kappa shape index (κ1) is 14.0. The maximum absolute atomic E-state index is 11.7. The Morgan fingerprint density at radius 2 is 2.10 bits per heavy atom. The molecule has 1 heterocycles. The first-order valence-corrected chi connectivity index (χ1v) is 6.32. The number of benzene rings is 1. The van der Waals surface area contributed by atoms with Crippen LogP contribution in [0.15, 0.2) is 54.9 Å². The van der Waals surface area contributed by atoms with Crippen LogP contribution in [0.4, 0.5) is 0 Å². The number of carbonyl (C=O) groups is 1. The molecule has 0 unspecified atom stereocenters. The minimum atomic E-state index is -0.164. The van der Waals surface area contributed by atoms with Crippen LogP contribution in [0.5, 0.6) is 0 Å². The summed E-state index contributed by atoms with van der Waals surface area (Å²) in [5.41, 5.74) is 2.67. The third-order valence-corrected chi connectivity index (χ3v) is 2.75. The van der Waals surface area contributed by atoms with Crippen molar-refractivity contribution in [2.24, 2.45) is 0 Å². The quantitative estimate of drug-likeness (QED) is 0.814. The van der Waals surface area contributed by atoms with Crippen LogP contribution in [0.25, 0.3) is 6.08 Å². The van der Waals surface area contributed by atoms with E-state index in [9.17, 15) is 4.79 Å². The van der Waals surface area contributed by atoms with Crippen LogP contribution >= 0.6 is 0 Å². The Kier molecular flexibility index (Phi) is 5.03. The summed E-state index contributed by atoms with van der Waals surface area (Å²) in [6.45, 7) is 0.437. The summed E-state index contributed by atoms with van der Waals surface area (Å²) < 4.78 is 0. The summed E-state index contributed by atoms with van der Waals surface area (Å²) in [6, 6.07) is 11.2. The Hall–Kier alpha value is -2.46. The zero-order valence-electron chi connectivity index (χ0n) is 11.0. The molecule has 0 aliphatic carbocycles. The number of hydrogen-bond acceptors (Lipinski definition) is 3. The van der Waals surface area contributed by atoms with Crippen molar-refractivity contribution in [3.63, 3.8) is 0 Å². The van der Waals surface area contributed by atoms with Crippen molar-refractivity contribution in [1.29, 1.82) is 0 Å². The zero-order valence-corrected chi connectivity index (χ0v) is 11.0. The van der Waals surface area contributed by atoms with Crippen LogP contribution in [0, 0.1) is 0 Å². The molecule has 2 aromatic rings. The minimum Gasteiger partial charge on any atom is -0.392 e. The number of nitrogens with zero attached hydrogens (tertiary/aromatic N) is 1. The van der Waals surface area contributed by atoms with Gasteiger partial charge in [0.1, 0.15) is 0 Å². The molecular weight excluding hydrogens is 252 g/mol. The van der Waals surface area contributed by atoms with Crippen molar-refractivity contribution in [3.8, 4) is 0 Å². The Labute approximate surface area is 117 Å². The third kappa shape index (κ3) is 4.33. The molecule has 0 spiro atoms. The topological polar surface area (TPSA) is 62.2 Å². The molecule has 1 amide bonds. The van der Waals surface area contributed by atoms with E-state index in [2.05, 4.69) is 10.3 Å². The standard InChI is InChI=1S/C16H16N2O2/c19-12-15-4-1-3-14(9-15)11-18-16(20)7-6-13-5-2-8-17-10-13/h1-10,19H,11-12H2,(H,18,20). The average Bonchev–Trinajstić information content (AvgIpc) is 2.52. The van der Waals surface area contributed by atoms with E-state index in [0.29, 0.717) is 6.54 Å². The number of carbonyl (C=O) groups excluding carboxylic acids is 1. The second-order valence-electron chi connectivity index (χ2n) is 4.32. The molecule has 102 valence electrons. The molecule has 0 aliphatic rings. The van der Waals surface area contributed by atoms with Crippen molar-refractivity contribution in [3.05, 3.63) is 71.6 Å². The smallest absolute Gasteiger partial charge is 0.244 e. The molecule has 0 aliphatic heterocycles. The summed E-state index contributed by atoms with van der Waals surface area (Å²) in [6.07, 6.45) is 6.57. The summed E-state index contributed by atoms with van der Waals surface area (Å²) in [7, 11) is 0. The SMILES string of the molecule is O=C(C=Cc1cccnc1)NCc1cccc(CO)c1. The predicted molar refractivity (Wildman–Crippen MR) is 77.5 cm³/mol. The van der Waals surface area contributed by atoms with Crippen molar-refractivity contribution >= 4 is 12.0 Å². The van der Waals surface area contributed by atoms with Gasteiger partial charge in [0.2, 0.25) is 5.91 Å². The van der Waals surface area contributed by atoms with Gasteiger partial charge < -0.3 is 10.4 Å². The van der Waals surface area contributed by atoms with E-state index >= 15 is 0 Å². The molecule has 1 aromatic carbocycles. The van der Waals surface area contributed by atoms with Crippen LogP contribution in [0.2, 0.25) is 0 Å². The van der Waals surface area contributed by atoms with E-state index in [4.69, 9.17) is 5.11 Å². The summed E-state index contributed by atoms with van der Waals surface area (Å²) in [5, 5.41) is 11.8. The van der Waals surface area contributed by atoms with E-state index < -0.39 is 0 Å². The number of pyridine rings is 1. The molecule has 2 N–H and O–H groups in total. The molecule has 1 aromatic heterocycles. The lowest BCUT2D eigenvalue weighted by molar-refractivity contribution is -0.116. The van der Waals surface area contributed by atoms with Gasteiger partial charge in [-0.25, -0.2) is 0 Å². The number of hydrogen-bond donors (Lipinski definition) is 2. The molecule has 0 atom stereocenters. The molecule has 0 radical (unpaired) electrons. The molecule has 0 bridgehead atoms. The Morgan fingerprint density at radius 1 is 1.25 bits per heavy atom. The summed E-state index contributed by atoms with van der Waals surface area (Å²) >= 11 is 0. The highest BCUT2D eigenvalue weighted by atomic mass is 16.3. The fourth-order valence-corrected chi connectivity index (χ4v) is 1.73. The van der Waals surface area contributed by atoms with Crippen molar-refractivity contribution < 1.29 is 9.90 Å². The van der Waals surface area contributed by atoms with Gasteiger partial charge in [-0.05, 0) is 28.8 Å². The number of rotatable bonds is 5. The average molecular weight is 268 g/mol. The molecule has 0 fully saturated rings. The molecule has 4 heteroatoms. The Balaban J connectivity index is 1.87. The highest BCUT2D eigenvalue weighted by molar-refractivity contribution is 5.91. The fraction of sp³-hybridized carbons (Fsp3) is 0.125. The van der Waals surface area contributed by atoms with Crippen molar-refractivity contribution in [2.45, 2.75) is 13.2 Å². The first-order valence-electron chi connectivity index (χ1n) is 6.32. The van der Waals surface area contributed by atoms with E-state index in [-0.39, 0.29) is 12.5 Å².